The molecule has 0 saturated heterocycles. The molecule has 0 aliphatic rings. The van der Waals surface area contributed by atoms with Gasteiger partial charge in [-0.1, -0.05) is 0 Å². The first kappa shape index (κ1) is 23.0. The maximum atomic E-state index is 12.3. The van der Waals surface area contributed by atoms with E-state index in [1.165, 1.54) is 44.7 Å². The van der Waals surface area contributed by atoms with Crippen molar-refractivity contribution in [3.05, 3.63) is 61.4 Å². The van der Waals surface area contributed by atoms with Gasteiger partial charge in [-0.3, -0.25) is 14.9 Å². The van der Waals surface area contributed by atoms with E-state index in [2.05, 4.69) is 15.3 Å². The zero-order chi connectivity index (χ0) is 23.3. The molecule has 0 atom stereocenters. The van der Waals surface area contributed by atoms with E-state index in [1.54, 1.807) is 12.1 Å². The summed E-state index contributed by atoms with van der Waals surface area (Å²) >= 11 is 2.01. The number of nitro benzene ring substituents is 1. The number of nitrogens with zero attached hydrogens (tertiary/aromatic N) is 2. The number of hydrogen-bond acceptors (Lipinski definition) is 9. The van der Waals surface area contributed by atoms with Crippen LogP contribution in [0.3, 0.4) is 0 Å². The third-order valence-corrected chi connectivity index (χ3v) is 4.93. The monoisotopic (exact) mass is 553 g/mol. The summed E-state index contributed by atoms with van der Waals surface area (Å²) in [5.41, 5.74) is 3.16. The van der Waals surface area contributed by atoms with Gasteiger partial charge >= 0.3 is 11.9 Å². The van der Waals surface area contributed by atoms with Gasteiger partial charge in [0.25, 0.3) is 5.69 Å². The quantitative estimate of drug-likeness (QED) is 0.147. The lowest BCUT2D eigenvalue weighted by molar-refractivity contribution is -0.384. The molecule has 166 valence electrons. The van der Waals surface area contributed by atoms with Crippen molar-refractivity contribution in [2.45, 2.75) is 0 Å². The van der Waals surface area contributed by atoms with E-state index in [1.807, 2.05) is 22.6 Å². The van der Waals surface area contributed by atoms with Crippen molar-refractivity contribution in [1.29, 1.82) is 0 Å². The van der Waals surface area contributed by atoms with Crippen LogP contribution in [0.25, 0.3) is 11.0 Å². The normalized spacial score (nSPS) is 10.8. The number of furan rings is 1. The Bertz CT molecular complexity index is 1220. The number of benzene rings is 2. The van der Waals surface area contributed by atoms with E-state index in [4.69, 9.17) is 13.9 Å². The Morgan fingerprint density at radius 3 is 2.72 bits per heavy atom. The fourth-order valence-corrected chi connectivity index (χ4v) is 3.40. The Morgan fingerprint density at radius 1 is 1.25 bits per heavy atom. The van der Waals surface area contributed by atoms with Gasteiger partial charge in [0.05, 0.1) is 28.9 Å². The topological polar surface area (TPSA) is 143 Å². The predicted octanol–water partition coefficient (Wildman–Crippen LogP) is 3.27. The SMILES string of the molecule is COC(=O)COc1c(I)cc(/C=N\NC(=O)c2cc3cc([N+](=O)[O-])ccc3o2)cc1OC. The lowest BCUT2D eigenvalue weighted by Crippen LogP contribution is -2.16. The van der Waals surface area contributed by atoms with Crippen molar-refractivity contribution < 1.29 is 33.1 Å². The number of carbonyl (C=O) groups excluding carboxylic acids is 2. The van der Waals surface area contributed by atoms with Crippen LogP contribution < -0.4 is 14.9 Å². The van der Waals surface area contributed by atoms with Crippen LogP contribution in [0.4, 0.5) is 5.69 Å². The Labute approximate surface area is 194 Å². The average molecular weight is 553 g/mol. The van der Waals surface area contributed by atoms with Gasteiger partial charge in [0, 0.05) is 17.5 Å². The van der Waals surface area contributed by atoms with Crippen LogP contribution in [0.2, 0.25) is 0 Å². The molecule has 12 heteroatoms. The highest BCUT2D eigenvalue weighted by Gasteiger charge is 2.15. The van der Waals surface area contributed by atoms with E-state index >= 15 is 0 Å². The van der Waals surface area contributed by atoms with Gasteiger partial charge in [-0.2, -0.15) is 5.10 Å². The van der Waals surface area contributed by atoms with E-state index in [0.29, 0.717) is 31.6 Å². The van der Waals surface area contributed by atoms with Crippen LogP contribution in [0.15, 0.2) is 45.9 Å². The molecule has 11 nitrogen and oxygen atoms in total. The van der Waals surface area contributed by atoms with Crippen LogP contribution in [0, 0.1) is 13.7 Å². The Morgan fingerprint density at radius 2 is 2.03 bits per heavy atom. The van der Waals surface area contributed by atoms with Crippen molar-refractivity contribution in [1.82, 2.24) is 5.43 Å². The highest BCUT2D eigenvalue weighted by atomic mass is 127. The van der Waals surface area contributed by atoms with Crippen LogP contribution >= 0.6 is 22.6 Å². The molecule has 0 unspecified atom stereocenters. The minimum Gasteiger partial charge on any atom is -0.493 e. The van der Waals surface area contributed by atoms with Gasteiger partial charge in [0.1, 0.15) is 5.58 Å². The third-order valence-electron chi connectivity index (χ3n) is 4.13. The number of hydrazone groups is 1. The standard InChI is InChI=1S/C20H16IN3O8/c1-29-16-6-11(5-14(21)19(16)31-10-18(25)30-2)9-22-23-20(26)17-8-12-7-13(24(27)28)3-4-15(12)32-17/h3-9H,10H2,1-2H3,(H,23,26)/b22-9-. The van der Waals surface area contributed by atoms with Gasteiger partial charge in [-0.25, -0.2) is 10.2 Å². The first-order valence-electron chi connectivity index (χ1n) is 8.91. The summed E-state index contributed by atoms with van der Waals surface area (Å²) in [6.07, 6.45) is 1.39. The number of ether oxygens (including phenoxy) is 3. The molecule has 1 heterocycles. The number of carbonyl (C=O) groups is 2. The Kier molecular flexibility index (Phi) is 7.25. The minimum atomic E-state index is -0.625. The number of esters is 1. The number of nitro groups is 1. The summed E-state index contributed by atoms with van der Waals surface area (Å²) in [7, 11) is 2.71. The van der Waals surface area contributed by atoms with E-state index in [-0.39, 0.29) is 18.1 Å². The first-order chi connectivity index (χ1) is 15.3. The Balaban J connectivity index is 1.71. The molecule has 1 N–H and O–H groups in total. The molecule has 1 amide bonds. The molecule has 0 fully saturated rings. The number of amides is 1. The molecule has 0 bridgehead atoms. The fraction of sp³-hybridized carbons (Fsp3) is 0.150. The summed E-state index contributed by atoms with van der Waals surface area (Å²) in [5.74, 6) is -0.462. The molecular weight excluding hydrogens is 537 g/mol. The molecule has 1 aromatic heterocycles. The smallest absolute Gasteiger partial charge is 0.343 e. The summed E-state index contributed by atoms with van der Waals surface area (Å²) in [6, 6.07) is 8.75. The summed E-state index contributed by atoms with van der Waals surface area (Å²) in [5, 5.41) is 15.2. The molecule has 0 aliphatic heterocycles. The second kappa shape index (κ2) is 10.1. The largest absolute Gasteiger partial charge is 0.493 e. The van der Waals surface area contributed by atoms with E-state index in [9.17, 15) is 19.7 Å². The van der Waals surface area contributed by atoms with Crippen molar-refractivity contribution in [3.63, 3.8) is 0 Å². The number of hydrogen-bond donors (Lipinski definition) is 1. The molecule has 32 heavy (non-hydrogen) atoms. The van der Waals surface area contributed by atoms with Crippen molar-refractivity contribution in [3.8, 4) is 11.5 Å². The number of methoxy groups -OCH3 is 2. The van der Waals surface area contributed by atoms with Crippen LogP contribution in [-0.2, 0) is 9.53 Å². The molecule has 2 aromatic carbocycles. The second-order valence-corrected chi connectivity index (χ2v) is 7.35. The second-order valence-electron chi connectivity index (χ2n) is 6.19. The predicted molar refractivity (Wildman–Crippen MR) is 121 cm³/mol. The first-order valence-corrected chi connectivity index (χ1v) is 9.98. The lowest BCUT2D eigenvalue weighted by atomic mass is 10.2. The van der Waals surface area contributed by atoms with Crippen molar-refractivity contribution >= 4 is 57.3 Å². The fourth-order valence-electron chi connectivity index (χ4n) is 2.62. The molecule has 3 aromatic rings. The summed E-state index contributed by atoms with van der Waals surface area (Å²) in [6.45, 7) is -0.271. The Hall–Kier alpha value is -3.68. The minimum absolute atomic E-state index is 0.0450. The van der Waals surface area contributed by atoms with Gasteiger partial charge < -0.3 is 18.6 Å². The molecule has 3 rings (SSSR count). The molecule has 0 aliphatic carbocycles. The van der Waals surface area contributed by atoms with Gasteiger partial charge in [0.15, 0.2) is 23.9 Å². The molecule has 0 saturated carbocycles. The maximum Gasteiger partial charge on any atom is 0.343 e. The zero-order valence-corrected chi connectivity index (χ0v) is 18.9. The number of non-ortho nitro benzene ring substituents is 1. The van der Waals surface area contributed by atoms with Crippen LogP contribution in [0.5, 0.6) is 11.5 Å². The highest BCUT2D eigenvalue weighted by molar-refractivity contribution is 14.1. The van der Waals surface area contributed by atoms with Crippen LogP contribution in [0.1, 0.15) is 16.1 Å². The highest BCUT2D eigenvalue weighted by Crippen LogP contribution is 2.33. The van der Waals surface area contributed by atoms with Crippen LogP contribution in [-0.4, -0.2) is 43.8 Å². The van der Waals surface area contributed by atoms with Crippen molar-refractivity contribution in [2.75, 3.05) is 20.8 Å². The molecule has 0 radical (unpaired) electrons. The van der Waals surface area contributed by atoms with Gasteiger partial charge in [0.2, 0.25) is 0 Å². The third kappa shape index (κ3) is 5.32. The molecular formula is C20H16IN3O8. The molecule has 0 spiro atoms. The zero-order valence-electron chi connectivity index (χ0n) is 16.8. The summed E-state index contributed by atoms with van der Waals surface area (Å²) in [4.78, 5) is 33.9. The number of halogens is 1. The van der Waals surface area contributed by atoms with E-state index < -0.39 is 16.8 Å². The van der Waals surface area contributed by atoms with E-state index in [0.717, 1.165) is 0 Å². The maximum absolute atomic E-state index is 12.3. The number of rotatable bonds is 8. The average Bonchev–Trinajstić information content (AvgIpc) is 3.21. The number of fused-ring (bicyclic) bond motifs is 1. The number of nitrogens with one attached hydrogen (secondary N) is 1. The van der Waals surface area contributed by atoms with Gasteiger partial charge in [-0.05, 0) is 52.4 Å². The summed E-state index contributed by atoms with van der Waals surface area (Å²) < 4.78 is 21.3. The van der Waals surface area contributed by atoms with Gasteiger partial charge in [-0.15, -0.1) is 0 Å². The lowest BCUT2D eigenvalue weighted by Gasteiger charge is -2.12. The van der Waals surface area contributed by atoms with Crippen molar-refractivity contribution in [2.24, 2.45) is 5.10 Å².